The van der Waals surface area contributed by atoms with Crippen molar-refractivity contribution in [2.24, 2.45) is 0 Å². The zero-order chi connectivity index (χ0) is 25.9. The Balaban J connectivity index is 1.58. The van der Waals surface area contributed by atoms with Gasteiger partial charge in [-0.15, -0.1) is 0 Å². The van der Waals surface area contributed by atoms with Crippen LogP contribution < -0.4 is 5.56 Å². The largest absolute Gasteiger partial charge is 0.444 e. The Kier molecular flexibility index (Phi) is 7.54. The Hall–Kier alpha value is -3.52. The smallest absolute Gasteiger partial charge is 0.410 e. The van der Waals surface area contributed by atoms with Crippen molar-refractivity contribution in [2.75, 3.05) is 26.2 Å². The van der Waals surface area contributed by atoms with Crippen LogP contribution in [0.1, 0.15) is 37.5 Å². The van der Waals surface area contributed by atoms with Crippen LogP contribution in [0.2, 0.25) is 0 Å². The molecule has 1 fully saturated rings. The summed E-state index contributed by atoms with van der Waals surface area (Å²) >= 11 is 0. The van der Waals surface area contributed by atoms with Crippen LogP contribution in [0.4, 0.5) is 9.18 Å². The molecule has 0 unspecified atom stereocenters. The third-order valence-corrected chi connectivity index (χ3v) is 6.10. The highest BCUT2D eigenvalue weighted by Crippen LogP contribution is 2.21. The predicted molar refractivity (Wildman–Crippen MR) is 137 cm³/mol. The summed E-state index contributed by atoms with van der Waals surface area (Å²) in [7, 11) is 0. The molecule has 1 amide bonds. The van der Waals surface area contributed by atoms with E-state index < -0.39 is 5.60 Å². The van der Waals surface area contributed by atoms with E-state index in [4.69, 9.17) is 4.74 Å². The fourth-order valence-corrected chi connectivity index (χ4v) is 4.17. The van der Waals surface area contributed by atoms with Crippen molar-refractivity contribution >= 4 is 6.09 Å². The maximum absolute atomic E-state index is 13.9. The Morgan fingerprint density at radius 2 is 1.69 bits per heavy atom. The van der Waals surface area contributed by atoms with Crippen LogP contribution in [0.3, 0.4) is 0 Å². The predicted octanol–water partition coefficient (Wildman–Crippen LogP) is 4.46. The van der Waals surface area contributed by atoms with Crippen molar-refractivity contribution in [3.8, 4) is 11.3 Å². The summed E-state index contributed by atoms with van der Waals surface area (Å²) in [6.07, 6.45) is -0.315. The third kappa shape index (κ3) is 6.37. The van der Waals surface area contributed by atoms with Gasteiger partial charge in [-0.2, -0.15) is 5.10 Å². The minimum atomic E-state index is -0.537. The number of benzene rings is 2. The maximum atomic E-state index is 13.9. The van der Waals surface area contributed by atoms with Crippen molar-refractivity contribution in [1.29, 1.82) is 0 Å². The molecule has 1 saturated heterocycles. The average molecular weight is 493 g/mol. The van der Waals surface area contributed by atoms with Crippen LogP contribution in [0, 0.1) is 12.7 Å². The first-order valence-electron chi connectivity index (χ1n) is 12.2. The van der Waals surface area contributed by atoms with Crippen molar-refractivity contribution in [3.05, 3.63) is 87.5 Å². The van der Waals surface area contributed by atoms with Gasteiger partial charge < -0.3 is 9.64 Å². The summed E-state index contributed by atoms with van der Waals surface area (Å²) in [6.45, 7) is 10.4. The van der Waals surface area contributed by atoms with Crippen molar-refractivity contribution < 1.29 is 13.9 Å². The lowest BCUT2D eigenvalue weighted by atomic mass is 10.1. The molecule has 0 bridgehead atoms. The number of carbonyl (C=O) groups excluding carboxylic acids is 1. The number of nitrogens with zero attached hydrogens (tertiary/aromatic N) is 4. The van der Waals surface area contributed by atoms with Crippen molar-refractivity contribution in [1.82, 2.24) is 19.6 Å². The monoisotopic (exact) mass is 492 g/mol. The van der Waals surface area contributed by atoms with E-state index in [-0.39, 0.29) is 17.5 Å². The highest BCUT2D eigenvalue weighted by atomic mass is 19.1. The van der Waals surface area contributed by atoms with Gasteiger partial charge in [0.05, 0.1) is 12.2 Å². The van der Waals surface area contributed by atoms with Crippen LogP contribution in [-0.4, -0.2) is 57.5 Å². The molecule has 1 aliphatic heterocycles. The van der Waals surface area contributed by atoms with Crippen LogP contribution in [-0.2, 0) is 17.8 Å². The van der Waals surface area contributed by atoms with Gasteiger partial charge in [0.25, 0.3) is 5.56 Å². The molecule has 0 spiro atoms. The minimum Gasteiger partial charge on any atom is -0.444 e. The first-order valence-corrected chi connectivity index (χ1v) is 12.2. The molecule has 0 radical (unpaired) electrons. The molecule has 0 N–H and O–H groups in total. The lowest BCUT2D eigenvalue weighted by Gasteiger charge is -2.35. The van der Waals surface area contributed by atoms with Crippen molar-refractivity contribution in [3.63, 3.8) is 0 Å². The topological polar surface area (TPSA) is 67.7 Å². The summed E-state index contributed by atoms with van der Waals surface area (Å²) in [4.78, 5) is 29.7. The molecular weight excluding hydrogens is 459 g/mol. The number of aryl methyl sites for hydroxylation is 1. The van der Waals surface area contributed by atoms with E-state index in [2.05, 4.69) is 10.00 Å². The van der Waals surface area contributed by atoms with E-state index in [1.54, 1.807) is 30.0 Å². The molecule has 0 atom stereocenters. The van der Waals surface area contributed by atoms with Gasteiger partial charge >= 0.3 is 6.09 Å². The molecule has 36 heavy (non-hydrogen) atoms. The fraction of sp³-hybridized carbons (Fsp3) is 0.393. The molecule has 0 saturated carbocycles. The highest BCUT2D eigenvalue weighted by molar-refractivity contribution is 5.68. The summed E-state index contributed by atoms with van der Waals surface area (Å²) in [5.74, 6) is -0.278. The normalized spacial score (nSPS) is 14.6. The number of amides is 1. The SMILES string of the molecule is Cc1cc(-c2cc(CN3CCN(C(=O)OC(C)(C)C)CC3)c(=O)n(Cc3ccccc3)n2)ccc1F. The van der Waals surface area contributed by atoms with Gasteiger partial charge in [0.15, 0.2) is 0 Å². The standard InChI is InChI=1S/C28H33FN4O3/c1-20-16-22(10-11-24(20)29)25-17-23(26(34)33(30-25)18-21-8-6-5-7-9-21)19-31-12-14-32(15-13-31)27(35)36-28(2,3)4/h5-11,16-17H,12-15,18-19H2,1-4H3. The second kappa shape index (κ2) is 10.6. The average Bonchev–Trinajstić information content (AvgIpc) is 2.83. The van der Waals surface area contributed by atoms with E-state index >= 15 is 0 Å². The molecule has 8 heteroatoms. The third-order valence-electron chi connectivity index (χ3n) is 6.10. The number of ether oxygens (including phenoxy) is 1. The highest BCUT2D eigenvalue weighted by Gasteiger charge is 2.26. The van der Waals surface area contributed by atoms with Gasteiger partial charge in [-0.3, -0.25) is 9.69 Å². The number of piperazine rings is 1. The summed E-state index contributed by atoms with van der Waals surface area (Å²) < 4.78 is 20.9. The maximum Gasteiger partial charge on any atom is 0.410 e. The van der Waals surface area contributed by atoms with Crippen LogP contribution in [0.25, 0.3) is 11.3 Å². The second-order valence-corrected chi connectivity index (χ2v) is 10.2. The molecule has 2 heterocycles. The summed E-state index contributed by atoms with van der Waals surface area (Å²) in [5, 5.41) is 4.63. The minimum absolute atomic E-state index is 0.156. The first-order chi connectivity index (χ1) is 17.1. The van der Waals surface area contributed by atoms with Gasteiger partial charge in [0, 0.05) is 43.9 Å². The van der Waals surface area contributed by atoms with Crippen molar-refractivity contribution in [2.45, 2.75) is 46.4 Å². The molecule has 2 aromatic carbocycles. The van der Waals surface area contributed by atoms with E-state index in [0.717, 1.165) is 11.1 Å². The summed E-state index contributed by atoms with van der Waals surface area (Å²) in [6, 6.07) is 16.4. The molecule has 3 aromatic rings. The van der Waals surface area contributed by atoms with Crippen LogP contribution >= 0.6 is 0 Å². The lowest BCUT2D eigenvalue weighted by Crippen LogP contribution is -2.50. The molecule has 7 nitrogen and oxygen atoms in total. The quantitative estimate of drug-likeness (QED) is 0.526. The Bertz CT molecular complexity index is 1280. The molecule has 0 aliphatic carbocycles. The molecule has 1 aliphatic rings. The van der Waals surface area contributed by atoms with Gasteiger partial charge in [-0.1, -0.05) is 30.3 Å². The first kappa shape index (κ1) is 25.6. The number of rotatable bonds is 5. The van der Waals surface area contributed by atoms with Gasteiger partial charge in [-0.25, -0.2) is 13.9 Å². The van der Waals surface area contributed by atoms with E-state index in [0.29, 0.717) is 56.1 Å². The molecule has 4 rings (SSSR count). The van der Waals surface area contributed by atoms with E-state index in [1.165, 1.54) is 10.7 Å². The van der Waals surface area contributed by atoms with E-state index in [1.807, 2.05) is 51.1 Å². The Morgan fingerprint density at radius 3 is 2.33 bits per heavy atom. The van der Waals surface area contributed by atoms with Gasteiger partial charge in [0.2, 0.25) is 0 Å². The number of carbonyl (C=O) groups is 1. The Morgan fingerprint density at radius 1 is 1.00 bits per heavy atom. The van der Waals surface area contributed by atoms with Gasteiger partial charge in [0.1, 0.15) is 11.4 Å². The van der Waals surface area contributed by atoms with Crippen LogP contribution in [0.5, 0.6) is 0 Å². The second-order valence-electron chi connectivity index (χ2n) is 10.2. The fourth-order valence-electron chi connectivity index (χ4n) is 4.17. The lowest BCUT2D eigenvalue weighted by molar-refractivity contribution is 0.0138. The number of hydrogen-bond donors (Lipinski definition) is 0. The number of halogens is 1. The Labute approximate surface area is 211 Å². The molecular formula is C28H33FN4O3. The number of aromatic nitrogens is 2. The van der Waals surface area contributed by atoms with Crippen LogP contribution in [0.15, 0.2) is 59.4 Å². The summed E-state index contributed by atoms with van der Waals surface area (Å²) in [5.41, 5.74) is 2.79. The molecule has 1 aromatic heterocycles. The van der Waals surface area contributed by atoms with Gasteiger partial charge in [-0.05, 0) is 63.1 Å². The number of hydrogen-bond acceptors (Lipinski definition) is 5. The zero-order valence-corrected chi connectivity index (χ0v) is 21.3. The zero-order valence-electron chi connectivity index (χ0n) is 21.3. The molecule has 190 valence electrons. The van der Waals surface area contributed by atoms with E-state index in [9.17, 15) is 14.0 Å².